The van der Waals surface area contributed by atoms with Gasteiger partial charge < -0.3 is 0 Å². The summed E-state index contributed by atoms with van der Waals surface area (Å²) in [5, 5.41) is 0. The quantitative estimate of drug-likeness (QED) is 0.490. The zero-order chi connectivity index (χ0) is 16.6. The molecule has 0 aliphatic heterocycles. The number of hydrogen-bond donors (Lipinski definition) is 0. The van der Waals surface area contributed by atoms with Crippen LogP contribution in [0.25, 0.3) is 0 Å². The highest BCUT2D eigenvalue weighted by atomic mass is 16.1. The lowest BCUT2D eigenvalue weighted by Gasteiger charge is -2.13. The molecule has 0 aliphatic carbocycles. The molecule has 0 fully saturated rings. The topological polar surface area (TPSA) is 17.1 Å². The number of carbonyl (C=O) groups excluding carboxylic acids is 1. The Bertz CT molecular complexity index is 182. The lowest BCUT2D eigenvalue weighted by atomic mass is 9.92. The molecule has 1 nitrogen and oxygen atoms in total. The summed E-state index contributed by atoms with van der Waals surface area (Å²) in [6, 6.07) is 0. The molecule has 0 spiro atoms. The van der Waals surface area contributed by atoms with Crippen molar-refractivity contribution in [3.8, 4) is 0 Å². The molecular formula is C19H42O. The molecule has 20 heavy (non-hydrogen) atoms. The van der Waals surface area contributed by atoms with E-state index >= 15 is 0 Å². The molecule has 0 radical (unpaired) electrons. The number of carbonyl (C=O) groups is 1. The summed E-state index contributed by atoms with van der Waals surface area (Å²) in [6.07, 6.45) is 9.91. The Morgan fingerprint density at radius 3 is 1.40 bits per heavy atom. The van der Waals surface area contributed by atoms with Gasteiger partial charge in [0.25, 0.3) is 0 Å². The maximum Gasteiger partial charge on any atom is 0.135 e. The van der Waals surface area contributed by atoms with Crippen LogP contribution in [0.2, 0.25) is 0 Å². The molecule has 0 saturated carbocycles. The van der Waals surface area contributed by atoms with Gasteiger partial charge in [-0.25, -0.2) is 0 Å². The highest BCUT2D eigenvalue weighted by Gasteiger charge is 2.14. The number of hydrogen-bond acceptors (Lipinski definition) is 1. The van der Waals surface area contributed by atoms with Gasteiger partial charge in [0, 0.05) is 5.41 Å². The normalized spacial score (nSPS) is 10.3. The number of rotatable bonds is 7. The molecule has 0 saturated heterocycles. The van der Waals surface area contributed by atoms with Crippen molar-refractivity contribution in [3.05, 3.63) is 0 Å². The molecular weight excluding hydrogens is 244 g/mol. The third-order valence-corrected chi connectivity index (χ3v) is 3.42. The monoisotopic (exact) mass is 286 g/mol. The van der Waals surface area contributed by atoms with Gasteiger partial charge in [-0.2, -0.15) is 0 Å². The van der Waals surface area contributed by atoms with Gasteiger partial charge in [0.2, 0.25) is 0 Å². The first-order chi connectivity index (χ1) is 9.29. The van der Waals surface area contributed by atoms with Gasteiger partial charge in [-0.15, -0.1) is 0 Å². The molecule has 0 aliphatic rings. The fourth-order valence-corrected chi connectivity index (χ4v) is 1.74. The van der Waals surface area contributed by atoms with E-state index < -0.39 is 0 Å². The van der Waals surface area contributed by atoms with Gasteiger partial charge in [0.1, 0.15) is 5.78 Å². The second-order valence-electron chi connectivity index (χ2n) is 6.39. The SMILES string of the molecule is CC.CC(=O)C(C)(C)C.CCCCC(CCC)CCC. The zero-order valence-corrected chi connectivity index (χ0v) is 15.9. The van der Waals surface area contributed by atoms with Crippen LogP contribution < -0.4 is 0 Å². The van der Waals surface area contributed by atoms with Gasteiger partial charge in [0.05, 0.1) is 0 Å². The average molecular weight is 287 g/mol. The highest BCUT2D eigenvalue weighted by Crippen LogP contribution is 2.19. The van der Waals surface area contributed by atoms with E-state index in [0.717, 1.165) is 5.92 Å². The molecule has 1 heteroatoms. The van der Waals surface area contributed by atoms with Gasteiger partial charge in [-0.1, -0.05) is 100 Å². The number of unbranched alkanes of at least 4 members (excludes halogenated alkanes) is 1. The molecule has 0 aromatic rings. The summed E-state index contributed by atoms with van der Waals surface area (Å²) in [5.74, 6) is 1.28. The van der Waals surface area contributed by atoms with Crippen LogP contribution in [-0.2, 0) is 4.79 Å². The van der Waals surface area contributed by atoms with Crippen LogP contribution in [-0.4, -0.2) is 5.78 Å². The first-order valence-electron chi connectivity index (χ1n) is 8.80. The fourth-order valence-electron chi connectivity index (χ4n) is 1.74. The lowest BCUT2D eigenvalue weighted by molar-refractivity contribution is -0.124. The highest BCUT2D eigenvalue weighted by molar-refractivity contribution is 5.80. The third kappa shape index (κ3) is 20.0. The van der Waals surface area contributed by atoms with Crippen LogP contribution >= 0.6 is 0 Å². The summed E-state index contributed by atoms with van der Waals surface area (Å²) in [6.45, 7) is 18.2. The van der Waals surface area contributed by atoms with Crippen LogP contribution in [0.3, 0.4) is 0 Å². The fraction of sp³-hybridized carbons (Fsp3) is 0.947. The Labute approximate surface area is 129 Å². The van der Waals surface area contributed by atoms with Crippen LogP contribution in [0.15, 0.2) is 0 Å². The van der Waals surface area contributed by atoms with E-state index in [1.165, 1.54) is 44.9 Å². The van der Waals surface area contributed by atoms with E-state index in [1.807, 2.05) is 34.6 Å². The molecule has 0 aromatic heterocycles. The van der Waals surface area contributed by atoms with Crippen molar-refractivity contribution >= 4 is 5.78 Å². The predicted molar refractivity (Wildman–Crippen MR) is 94.3 cm³/mol. The molecule has 0 N–H and O–H groups in total. The van der Waals surface area contributed by atoms with Gasteiger partial charge in [-0.3, -0.25) is 4.79 Å². The Kier molecular flexibility index (Phi) is 20.6. The van der Waals surface area contributed by atoms with E-state index in [0.29, 0.717) is 0 Å². The predicted octanol–water partition coefficient (Wildman–Crippen LogP) is 7.04. The van der Waals surface area contributed by atoms with Gasteiger partial charge in [-0.05, 0) is 12.8 Å². The van der Waals surface area contributed by atoms with Crippen LogP contribution in [0.5, 0.6) is 0 Å². The molecule has 0 bridgehead atoms. The van der Waals surface area contributed by atoms with E-state index in [1.54, 1.807) is 6.92 Å². The van der Waals surface area contributed by atoms with Crippen LogP contribution in [0.1, 0.15) is 107 Å². The Morgan fingerprint density at radius 2 is 1.20 bits per heavy atom. The maximum atomic E-state index is 10.5. The third-order valence-electron chi connectivity index (χ3n) is 3.42. The second kappa shape index (κ2) is 16.7. The first kappa shape index (κ1) is 24.7. The molecule has 0 heterocycles. The van der Waals surface area contributed by atoms with Crippen LogP contribution in [0.4, 0.5) is 0 Å². The van der Waals surface area contributed by atoms with Crippen molar-refractivity contribution < 1.29 is 4.79 Å². The van der Waals surface area contributed by atoms with E-state index in [9.17, 15) is 4.79 Å². The minimum absolute atomic E-state index is 0.139. The number of ketones is 1. The Morgan fingerprint density at radius 1 is 0.850 bits per heavy atom. The largest absolute Gasteiger partial charge is 0.299 e. The lowest BCUT2D eigenvalue weighted by Crippen LogP contribution is -2.15. The van der Waals surface area contributed by atoms with E-state index in [4.69, 9.17) is 0 Å². The second-order valence-corrected chi connectivity index (χ2v) is 6.39. The van der Waals surface area contributed by atoms with Crippen molar-refractivity contribution in [2.75, 3.05) is 0 Å². The Balaban J connectivity index is -0.000000277. The molecule has 0 unspecified atom stereocenters. The van der Waals surface area contributed by atoms with E-state index in [2.05, 4.69) is 20.8 Å². The summed E-state index contributed by atoms with van der Waals surface area (Å²) >= 11 is 0. The minimum atomic E-state index is -0.139. The molecule has 0 aromatic carbocycles. The Hall–Kier alpha value is -0.330. The molecule has 0 amide bonds. The summed E-state index contributed by atoms with van der Waals surface area (Å²) in [7, 11) is 0. The minimum Gasteiger partial charge on any atom is -0.299 e. The molecule has 124 valence electrons. The van der Waals surface area contributed by atoms with Gasteiger partial charge in [0.15, 0.2) is 0 Å². The van der Waals surface area contributed by atoms with E-state index in [-0.39, 0.29) is 11.2 Å². The number of Topliss-reactive ketones (excluding diaryl/α,β-unsaturated/α-hetero) is 1. The van der Waals surface area contributed by atoms with Crippen LogP contribution in [0, 0.1) is 11.3 Å². The average Bonchev–Trinajstić information content (AvgIpc) is 2.38. The van der Waals surface area contributed by atoms with Crippen molar-refractivity contribution in [2.45, 2.75) is 107 Å². The summed E-state index contributed by atoms with van der Waals surface area (Å²) < 4.78 is 0. The zero-order valence-electron chi connectivity index (χ0n) is 15.9. The summed E-state index contributed by atoms with van der Waals surface area (Å²) in [5.41, 5.74) is -0.139. The maximum absolute atomic E-state index is 10.5. The summed E-state index contributed by atoms with van der Waals surface area (Å²) in [4.78, 5) is 10.5. The van der Waals surface area contributed by atoms with Gasteiger partial charge >= 0.3 is 0 Å². The van der Waals surface area contributed by atoms with Crippen molar-refractivity contribution in [1.82, 2.24) is 0 Å². The smallest absolute Gasteiger partial charge is 0.135 e. The van der Waals surface area contributed by atoms with Crippen molar-refractivity contribution in [3.63, 3.8) is 0 Å². The van der Waals surface area contributed by atoms with Crippen molar-refractivity contribution in [1.29, 1.82) is 0 Å². The molecule has 0 atom stereocenters. The molecule has 0 rings (SSSR count). The van der Waals surface area contributed by atoms with Crippen molar-refractivity contribution in [2.24, 2.45) is 11.3 Å². The first-order valence-corrected chi connectivity index (χ1v) is 8.80. The standard InChI is InChI=1S/C11H24.C6H12O.C2H6/c1-4-7-10-11(8-5-2)9-6-3;1-5(7)6(2,3)4;1-2/h11H,4-10H2,1-3H3;1-4H3;1-2H3.